The van der Waals surface area contributed by atoms with Gasteiger partial charge in [0.05, 0.1) is 12.8 Å². The summed E-state index contributed by atoms with van der Waals surface area (Å²) in [5, 5.41) is 0.715. The van der Waals surface area contributed by atoms with E-state index in [0.717, 1.165) is 54.3 Å². The highest BCUT2D eigenvalue weighted by Gasteiger charge is 2.19. The zero-order valence-electron chi connectivity index (χ0n) is 16.6. The number of hydrogen-bond donors (Lipinski definition) is 0. The highest BCUT2D eigenvalue weighted by atomic mass is 35.5. The van der Waals surface area contributed by atoms with Crippen LogP contribution in [0.2, 0.25) is 5.02 Å². The first-order valence-corrected chi connectivity index (χ1v) is 10.4. The number of likely N-dealkylation sites (tertiary alicyclic amines) is 1. The Balaban J connectivity index is 1.66. The lowest BCUT2D eigenvalue weighted by Gasteiger charge is -2.17. The minimum atomic E-state index is 0.248. The lowest BCUT2D eigenvalue weighted by Crippen LogP contribution is -2.27. The number of benzene rings is 2. The Labute approximate surface area is 176 Å². The summed E-state index contributed by atoms with van der Waals surface area (Å²) in [4.78, 5) is 14.5. The number of ether oxygens (including phenoxy) is 1. The van der Waals surface area contributed by atoms with Crippen molar-refractivity contribution in [1.29, 1.82) is 0 Å². The van der Waals surface area contributed by atoms with Gasteiger partial charge in [-0.25, -0.2) is 0 Å². The number of amides is 1. The molecule has 150 valence electrons. The third-order valence-corrected chi connectivity index (χ3v) is 5.74. The Hall–Kier alpha value is -2.72. The standard InChI is InChI=1S/C24H25ClN2O2/c1-29-22-12-8-20(9-13-22)27-21(11-15-24(28)26-16-2-3-17-26)10-14-23(27)18-4-6-19(25)7-5-18/h4-10,12-14H,2-3,11,15-17H2,1H3. The molecule has 4 rings (SSSR count). The number of methoxy groups -OCH3 is 1. The third kappa shape index (κ3) is 4.33. The molecule has 0 bridgehead atoms. The Morgan fingerprint density at radius 3 is 2.31 bits per heavy atom. The summed E-state index contributed by atoms with van der Waals surface area (Å²) in [6, 6.07) is 20.1. The monoisotopic (exact) mass is 408 g/mol. The molecular weight excluding hydrogens is 384 g/mol. The Kier molecular flexibility index (Phi) is 5.91. The third-order valence-electron chi connectivity index (χ3n) is 5.49. The highest BCUT2D eigenvalue weighted by molar-refractivity contribution is 6.30. The topological polar surface area (TPSA) is 34.5 Å². The molecule has 5 heteroatoms. The summed E-state index contributed by atoms with van der Waals surface area (Å²) < 4.78 is 7.53. The first-order chi connectivity index (χ1) is 14.2. The van der Waals surface area contributed by atoms with Crippen molar-refractivity contribution in [3.63, 3.8) is 0 Å². The first-order valence-electron chi connectivity index (χ1n) is 10.0. The van der Waals surface area contributed by atoms with Gasteiger partial charge in [-0.2, -0.15) is 0 Å². The zero-order valence-corrected chi connectivity index (χ0v) is 17.4. The summed E-state index contributed by atoms with van der Waals surface area (Å²) in [6.07, 6.45) is 3.47. The van der Waals surface area contributed by atoms with Crippen LogP contribution in [0.3, 0.4) is 0 Å². The normalized spacial score (nSPS) is 13.7. The fraction of sp³-hybridized carbons (Fsp3) is 0.292. The molecule has 0 radical (unpaired) electrons. The number of halogens is 1. The Morgan fingerprint density at radius 2 is 1.66 bits per heavy atom. The Bertz CT molecular complexity index is 971. The molecule has 1 aromatic heterocycles. The fourth-order valence-electron chi connectivity index (χ4n) is 3.92. The quantitative estimate of drug-likeness (QED) is 0.550. The van der Waals surface area contributed by atoms with Crippen molar-refractivity contribution in [2.45, 2.75) is 25.7 Å². The average molecular weight is 409 g/mol. The minimum absolute atomic E-state index is 0.248. The maximum absolute atomic E-state index is 12.5. The van der Waals surface area contributed by atoms with Crippen molar-refractivity contribution in [2.24, 2.45) is 0 Å². The van der Waals surface area contributed by atoms with Crippen LogP contribution in [-0.4, -0.2) is 35.6 Å². The predicted molar refractivity (Wildman–Crippen MR) is 117 cm³/mol. The van der Waals surface area contributed by atoms with E-state index in [1.165, 1.54) is 0 Å². The van der Waals surface area contributed by atoms with Crippen LogP contribution in [0, 0.1) is 0 Å². The molecule has 0 unspecified atom stereocenters. The fourth-order valence-corrected chi connectivity index (χ4v) is 4.04. The van der Waals surface area contributed by atoms with Crippen LogP contribution < -0.4 is 4.74 Å². The highest BCUT2D eigenvalue weighted by Crippen LogP contribution is 2.29. The zero-order chi connectivity index (χ0) is 20.2. The van der Waals surface area contributed by atoms with E-state index in [0.29, 0.717) is 17.9 Å². The molecule has 29 heavy (non-hydrogen) atoms. The molecule has 1 fully saturated rings. The molecule has 1 aliphatic heterocycles. The van der Waals surface area contributed by atoms with E-state index in [1.54, 1.807) is 7.11 Å². The molecule has 0 spiro atoms. The van der Waals surface area contributed by atoms with Crippen molar-refractivity contribution in [3.8, 4) is 22.7 Å². The van der Waals surface area contributed by atoms with Gasteiger partial charge in [0, 0.05) is 35.9 Å². The summed E-state index contributed by atoms with van der Waals surface area (Å²) in [5.41, 5.74) is 4.33. The number of nitrogens with zero attached hydrogens (tertiary/aromatic N) is 2. The maximum atomic E-state index is 12.5. The van der Waals surface area contributed by atoms with Gasteiger partial charge in [-0.1, -0.05) is 23.7 Å². The number of hydrogen-bond acceptors (Lipinski definition) is 2. The van der Waals surface area contributed by atoms with Crippen molar-refractivity contribution in [1.82, 2.24) is 9.47 Å². The molecule has 0 N–H and O–H groups in total. The summed E-state index contributed by atoms with van der Waals surface area (Å²) in [7, 11) is 1.67. The van der Waals surface area contributed by atoms with E-state index < -0.39 is 0 Å². The molecule has 4 nitrogen and oxygen atoms in total. The van der Waals surface area contributed by atoms with Gasteiger partial charge in [0.2, 0.25) is 5.91 Å². The number of rotatable bonds is 6. The van der Waals surface area contributed by atoms with E-state index in [-0.39, 0.29) is 5.91 Å². The SMILES string of the molecule is COc1ccc(-n2c(CCC(=O)N3CCCC3)ccc2-c2ccc(Cl)cc2)cc1. The van der Waals surface area contributed by atoms with Crippen molar-refractivity contribution >= 4 is 17.5 Å². The van der Waals surface area contributed by atoms with Gasteiger partial charge in [0.15, 0.2) is 0 Å². The van der Waals surface area contributed by atoms with E-state index >= 15 is 0 Å². The second-order valence-electron chi connectivity index (χ2n) is 7.34. The number of carbonyl (C=O) groups excluding carboxylic acids is 1. The minimum Gasteiger partial charge on any atom is -0.497 e. The van der Waals surface area contributed by atoms with Gasteiger partial charge in [-0.15, -0.1) is 0 Å². The van der Waals surface area contributed by atoms with Crippen LogP contribution in [0.15, 0.2) is 60.7 Å². The summed E-state index contributed by atoms with van der Waals surface area (Å²) in [6.45, 7) is 1.79. The second kappa shape index (κ2) is 8.75. The van der Waals surface area contributed by atoms with E-state index in [2.05, 4.69) is 16.7 Å². The molecule has 1 aliphatic rings. The summed E-state index contributed by atoms with van der Waals surface area (Å²) in [5.74, 6) is 1.07. The first kappa shape index (κ1) is 19.6. The molecule has 1 amide bonds. The van der Waals surface area contributed by atoms with E-state index in [1.807, 2.05) is 53.4 Å². The molecule has 1 saturated heterocycles. The lowest BCUT2D eigenvalue weighted by molar-refractivity contribution is -0.130. The number of carbonyl (C=O) groups is 1. The van der Waals surface area contributed by atoms with Gasteiger partial charge in [-0.05, 0) is 73.4 Å². The van der Waals surface area contributed by atoms with Gasteiger partial charge in [0.25, 0.3) is 0 Å². The van der Waals surface area contributed by atoms with Crippen molar-refractivity contribution in [2.75, 3.05) is 20.2 Å². The molecule has 2 aromatic carbocycles. The van der Waals surface area contributed by atoms with Gasteiger partial charge < -0.3 is 14.2 Å². The smallest absolute Gasteiger partial charge is 0.222 e. The molecular formula is C24H25ClN2O2. The van der Waals surface area contributed by atoms with Crippen LogP contribution in [0.5, 0.6) is 5.75 Å². The average Bonchev–Trinajstić information content (AvgIpc) is 3.43. The molecule has 0 atom stereocenters. The van der Waals surface area contributed by atoms with Crippen molar-refractivity contribution in [3.05, 3.63) is 71.4 Å². The molecule has 0 saturated carbocycles. The Morgan fingerprint density at radius 1 is 0.966 bits per heavy atom. The molecule has 2 heterocycles. The second-order valence-corrected chi connectivity index (χ2v) is 7.77. The van der Waals surface area contributed by atoms with Crippen LogP contribution in [0.25, 0.3) is 16.9 Å². The lowest BCUT2D eigenvalue weighted by atomic mass is 10.1. The predicted octanol–water partition coefficient (Wildman–Crippen LogP) is 5.36. The van der Waals surface area contributed by atoms with E-state index in [9.17, 15) is 4.79 Å². The van der Waals surface area contributed by atoms with Gasteiger partial charge in [-0.3, -0.25) is 4.79 Å². The molecule has 3 aromatic rings. The number of aromatic nitrogens is 1. The van der Waals surface area contributed by atoms with Crippen molar-refractivity contribution < 1.29 is 9.53 Å². The maximum Gasteiger partial charge on any atom is 0.222 e. The van der Waals surface area contributed by atoms with Gasteiger partial charge in [0.1, 0.15) is 5.75 Å². The van der Waals surface area contributed by atoms with Crippen LogP contribution in [0.4, 0.5) is 0 Å². The molecule has 0 aliphatic carbocycles. The van der Waals surface area contributed by atoms with Crippen LogP contribution in [-0.2, 0) is 11.2 Å². The largest absolute Gasteiger partial charge is 0.497 e. The van der Waals surface area contributed by atoms with Gasteiger partial charge >= 0.3 is 0 Å². The van der Waals surface area contributed by atoms with Crippen LogP contribution in [0.1, 0.15) is 25.0 Å². The van der Waals surface area contributed by atoms with E-state index in [4.69, 9.17) is 16.3 Å². The summed E-state index contributed by atoms with van der Waals surface area (Å²) >= 11 is 6.08. The number of aryl methyl sites for hydroxylation is 1. The van der Waals surface area contributed by atoms with Crippen LogP contribution >= 0.6 is 11.6 Å².